The van der Waals surface area contributed by atoms with Crippen LogP contribution in [0.2, 0.25) is 0 Å². The number of aromatic nitrogens is 1. The van der Waals surface area contributed by atoms with E-state index in [1.807, 2.05) is 54.6 Å². The molecule has 0 saturated carbocycles. The summed E-state index contributed by atoms with van der Waals surface area (Å²) in [4.78, 5) is 16.9. The first-order valence-corrected chi connectivity index (χ1v) is 12.4. The zero-order valence-corrected chi connectivity index (χ0v) is 19.5. The van der Waals surface area contributed by atoms with Crippen LogP contribution in [0.1, 0.15) is 17.3 Å². The highest BCUT2D eigenvalue weighted by atomic mass is 31.2. The summed E-state index contributed by atoms with van der Waals surface area (Å²) >= 11 is 0. The molecular weight excluding hydrogens is 431 g/mol. The zero-order chi connectivity index (χ0) is 23.1. The highest BCUT2D eigenvalue weighted by Gasteiger charge is 2.28. The third kappa shape index (κ3) is 4.59. The molecular formula is C27H25N2O3P. The summed E-state index contributed by atoms with van der Waals surface area (Å²) in [6, 6.07) is 34.3. The van der Waals surface area contributed by atoms with Crippen LogP contribution >= 0.6 is 7.05 Å². The molecule has 3 aromatic carbocycles. The fourth-order valence-electron chi connectivity index (χ4n) is 3.71. The fourth-order valence-corrected chi connectivity index (χ4v) is 7.18. The summed E-state index contributed by atoms with van der Waals surface area (Å²) in [5.41, 5.74) is 0.279. The lowest BCUT2D eigenvalue weighted by atomic mass is 10.2. The summed E-state index contributed by atoms with van der Waals surface area (Å²) in [6.07, 6.45) is 0. The highest BCUT2D eigenvalue weighted by Crippen LogP contribution is 2.49. The maximum Gasteiger partial charge on any atom is 0.343 e. The van der Waals surface area contributed by atoms with E-state index in [0.29, 0.717) is 5.82 Å². The van der Waals surface area contributed by atoms with Crippen LogP contribution in [0, 0.1) is 0 Å². The van der Waals surface area contributed by atoms with E-state index in [4.69, 9.17) is 14.2 Å². The Morgan fingerprint density at radius 1 is 0.788 bits per heavy atom. The molecule has 0 saturated heterocycles. The average Bonchev–Trinajstić information content (AvgIpc) is 2.89. The minimum absolute atomic E-state index is 0.196. The molecule has 4 aromatic rings. The molecule has 0 N–H and O–H groups in total. The van der Waals surface area contributed by atoms with Gasteiger partial charge in [0.15, 0.2) is 5.82 Å². The van der Waals surface area contributed by atoms with Gasteiger partial charge in [0.1, 0.15) is 5.56 Å². The predicted octanol–water partition coefficient (Wildman–Crippen LogP) is 5.08. The molecule has 33 heavy (non-hydrogen) atoms. The van der Waals surface area contributed by atoms with Crippen LogP contribution in [-0.2, 0) is 4.74 Å². The smallest absolute Gasteiger partial charge is 0.343 e. The molecule has 1 aromatic heterocycles. The van der Waals surface area contributed by atoms with E-state index >= 15 is 0 Å². The van der Waals surface area contributed by atoms with Crippen molar-refractivity contribution < 1.29 is 14.3 Å². The first-order chi connectivity index (χ1) is 16.2. The number of carbonyl (C=O) groups is 1. The minimum atomic E-state index is -2.47. The zero-order valence-electron chi connectivity index (χ0n) is 18.6. The molecule has 0 radical (unpaired) electrons. The molecule has 0 fully saturated rings. The SMILES string of the molecule is CCOC(=O)c1ccc(N=P(c2ccccc2)(c2ccccc2)c2ccccc2)nc1OC. The minimum Gasteiger partial charge on any atom is -0.480 e. The van der Waals surface area contributed by atoms with E-state index < -0.39 is 13.0 Å². The summed E-state index contributed by atoms with van der Waals surface area (Å²) < 4.78 is 15.9. The number of hydrogen-bond acceptors (Lipinski definition) is 5. The van der Waals surface area contributed by atoms with Gasteiger partial charge in [-0.05, 0) is 19.1 Å². The number of esters is 1. The van der Waals surface area contributed by atoms with Crippen molar-refractivity contribution in [3.63, 3.8) is 0 Å². The van der Waals surface area contributed by atoms with Gasteiger partial charge >= 0.3 is 5.97 Å². The van der Waals surface area contributed by atoms with Gasteiger partial charge in [-0.15, -0.1) is 0 Å². The molecule has 0 aliphatic heterocycles. The van der Waals surface area contributed by atoms with Crippen LogP contribution in [0.4, 0.5) is 5.82 Å². The second-order valence-corrected chi connectivity index (χ2v) is 10.2. The van der Waals surface area contributed by atoms with Crippen LogP contribution in [0.25, 0.3) is 0 Å². The van der Waals surface area contributed by atoms with Crippen LogP contribution in [0.3, 0.4) is 0 Å². The van der Waals surface area contributed by atoms with E-state index in [9.17, 15) is 4.79 Å². The van der Waals surface area contributed by atoms with Gasteiger partial charge < -0.3 is 9.47 Å². The standard InChI is InChI=1S/C27H25N2O3P/c1-3-32-27(30)24-19-20-25(28-26(24)31-2)29-33(21-13-7-4-8-14-21,22-15-9-5-10-16-22)23-17-11-6-12-18-23/h4-20H,3H2,1-2H3. The van der Waals surface area contributed by atoms with Crippen LogP contribution in [-0.4, -0.2) is 24.7 Å². The first-order valence-electron chi connectivity index (χ1n) is 10.7. The Morgan fingerprint density at radius 2 is 1.27 bits per heavy atom. The third-order valence-electron chi connectivity index (χ3n) is 5.18. The molecule has 1 heterocycles. The molecule has 0 spiro atoms. The summed E-state index contributed by atoms with van der Waals surface area (Å²) in [5, 5.41) is 3.33. The van der Waals surface area contributed by atoms with E-state index in [0.717, 1.165) is 15.9 Å². The van der Waals surface area contributed by atoms with Gasteiger partial charge in [0, 0.05) is 15.9 Å². The topological polar surface area (TPSA) is 60.8 Å². The number of pyridine rings is 1. The maximum absolute atomic E-state index is 12.3. The highest BCUT2D eigenvalue weighted by molar-refractivity contribution is 7.87. The number of carbonyl (C=O) groups excluding carboxylic acids is 1. The number of methoxy groups -OCH3 is 1. The van der Waals surface area contributed by atoms with E-state index in [2.05, 4.69) is 41.4 Å². The number of hydrogen-bond donors (Lipinski definition) is 0. The van der Waals surface area contributed by atoms with Gasteiger partial charge in [0.2, 0.25) is 5.88 Å². The van der Waals surface area contributed by atoms with Crippen molar-refractivity contribution >= 4 is 34.8 Å². The largest absolute Gasteiger partial charge is 0.480 e. The monoisotopic (exact) mass is 456 g/mol. The lowest BCUT2D eigenvalue weighted by Gasteiger charge is -2.26. The lowest BCUT2D eigenvalue weighted by Crippen LogP contribution is -2.25. The van der Waals surface area contributed by atoms with Gasteiger partial charge in [-0.1, -0.05) is 91.0 Å². The Balaban J connectivity index is 2.03. The molecule has 0 unspecified atom stereocenters. The second kappa shape index (κ2) is 10.3. The summed E-state index contributed by atoms with van der Waals surface area (Å²) in [6.45, 7) is 2.04. The number of rotatable bonds is 7. The van der Waals surface area contributed by atoms with Crippen molar-refractivity contribution in [3.8, 4) is 5.88 Å². The molecule has 5 nitrogen and oxygen atoms in total. The van der Waals surface area contributed by atoms with Gasteiger partial charge in [-0.2, -0.15) is 4.98 Å². The lowest BCUT2D eigenvalue weighted by molar-refractivity contribution is 0.0522. The molecule has 0 bridgehead atoms. The van der Waals surface area contributed by atoms with Crippen LogP contribution in [0.15, 0.2) is 108 Å². The van der Waals surface area contributed by atoms with Crippen molar-refractivity contribution in [3.05, 3.63) is 109 Å². The number of benzene rings is 3. The van der Waals surface area contributed by atoms with Gasteiger partial charge in [-0.25, -0.2) is 9.54 Å². The Kier molecular flexibility index (Phi) is 7.01. The normalized spacial score (nSPS) is 11.0. The van der Waals surface area contributed by atoms with Gasteiger partial charge in [-0.3, -0.25) is 0 Å². The molecule has 166 valence electrons. The van der Waals surface area contributed by atoms with Crippen molar-refractivity contribution in [2.75, 3.05) is 13.7 Å². The molecule has 4 rings (SSSR count). The number of nitrogens with zero attached hydrogens (tertiary/aromatic N) is 2. The maximum atomic E-state index is 12.3. The number of ether oxygens (including phenoxy) is 2. The van der Waals surface area contributed by atoms with E-state index in [1.54, 1.807) is 19.1 Å². The second-order valence-electron chi connectivity index (χ2n) is 7.19. The Bertz CT molecular complexity index is 1170. The quantitative estimate of drug-likeness (QED) is 0.288. The molecule has 0 aliphatic rings. The van der Waals surface area contributed by atoms with E-state index in [1.165, 1.54) is 7.11 Å². The van der Waals surface area contributed by atoms with Crippen molar-refractivity contribution in [2.45, 2.75) is 6.92 Å². The Morgan fingerprint density at radius 3 is 1.70 bits per heavy atom. The predicted molar refractivity (Wildman–Crippen MR) is 134 cm³/mol. The Labute approximate surface area is 194 Å². The molecule has 0 atom stereocenters. The van der Waals surface area contributed by atoms with Crippen LogP contribution < -0.4 is 20.7 Å². The Hall–Kier alpha value is -3.69. The van der Waals surface area contributed by atoms with Crippen molar-refractivity contribution in [1.29, 1.82) is 0 Å². The van der Waals surface area contributed by atoms with Gasteiger partial charge in [0.05, 0.1) is 20.8 Å². The summed E-state index contributed by atoms with van der Waals surface area (Å²) in [5.74, 6) is 0.218. The van der Waals surface area contributed by atoms with Crippen molar-refractivity contribution in [1.82, 2.24) is 4.98 Å². The average molecular weight is 456 g/mol. The fraction of sp³-hybridized carbons (Fsp3) is 0.111. The molecule has 6 heteroatoms. The summed E-state index contributed by atoms with van der Waals surface area (Å²) in [7, 11) is -0.977. The van der Waals surface area contributed by atoms with Crippen LogP contribution in [0.5, 0.6) is 5.88 Å². The molecule has 0 amide bonds. The van der Waals surface area contributed by atoms with Crippen molar-refractivity contribution in [2.24, 2.45) is 4.74 Å². The first kappa shape index (κ1) is 22.5. The molecule has 0 aliphatic carbocycles. The van der Waals surface area contributed by atoms with E-state index in [-0.39, 0.29) is 18.1 Å². The van der Waals surface area contributed by atoms with Gasteiger partial charge in [0.25, 0.3) is 0 Å². The third-order valence-corrected chi connectivity index (χ3v) is 8.82.